The van der Waals surface area contributed by atoms with Gasteiger partial charge in [-0.2, -0.15) is 26.3 Å². The van der Waals surface area contributed by atoms with Gasteiger partial charge in [0, 0.05) is 17.4 Å². The third-order valence-electron chi connectivity index (χ3n) is 7.83. The van der Waals surface area contributed by atoms with Crippen LogP contribution in [0.2, 0.25) is 10.0 Å². The first-order valence-corrected chi connectivity index (χ1v) is 15.8. The number of aliphatic hydroxyl groups is 2. The Bertz CT molecular complexity index is 1390. The summed E-state index contributed by atoms with van der Waals surface area (Å²) in [7, 11) is 0. The number of rotatable bonds is 17. The molecule has 1 aliphatic carbocycles. The number of halogens is 8. The predicted octanol–water partition coefficient (Wildman–Crippen LogP) is 8.12. The van der Waals surface area contributed by atoms with E-state index < -0.39 is 54.0 Å². The van der Waals surface area contributed by atoms with Gasteiger partial charge in [-0.05, 0) is 68.1 Å². The highest BCUT2D eigenvalue weighted by atomic mass is 35.5. The zero-order valence-electron chi connectivity index (χ0n) is 25.7. The molecule has 1 aliphatic rings. The van der Waals surface area contributed by atoms with Crippen molar-refractivity contribution in [1.29, 1.82) is 0 Å². The fourth-order valence-electron chi connectivity index (χ4n) is 5.24. The third-order valence-corrected chi connectivity index (χ3v) is 8.57. The fraction of sp³-hybridized carbons (Fsp3) is 0.485. The first-order chi connectivity index (χ1) is 22.2. The molecule has 0 saturated carbocycles. The highest BCUT2D eigenvalue weighted by Gasteiger charge is 2.42. The van der Waals surface area contributed by atoms with Crippen LogP contribution in [0.3, 0.4) is 0 Å². The van der Waals surface area contributed by atoms with E-state index in [1.165, 1.54) is 0 Å². The fourth-order valence-corrected chi connectivity index (χ4v) is 5.55. The molecule has 2 aromatic carbocycles. The molecule has 0 saturated heterocycles. The smallest absolute Gasteiger partial charge is 0.393 e. The minimum absolute atomic E-state index is 0.126. The summed E-state index contributed by atoms with van der Waals surface area (Å²) in [6, 6.07) is 14.3. The summed E-state index contributed by atoms with van der Waals surface area (Å²) in [6.45, 7) is 1.52. The van der Waals surface area contributed by atoms with E-state index >= 15 is 0 Å². The van der Waals surface area contributed by atoms with Gasteiger partial charge in [0.1, 0.15) is 6.61 Å². The van der Waals surface area contributed by atoms with Gasteiger partial charge in [0.2, 0.25) is 0 Å². The van der Waals surface area contributed by atoms with Gasteiger partial charge in [-0.1, -0.05) is 77.8 Å². The Hall–Kier alpha value is -2.61. The van der Waals surface area contributed by atoms with Gasteiger partial charge < -0.3 is 25.1 Å². The molecule has 14 heteroatoms. The van der Waals surface area contributed by atoms with E-state index in [0.29, 0.717) is 42.9 Å². The van der Waals surface area contributed by atoms with Crippen LogP contribution in [0, 0.1) is 5.92 Å². The molecule has 0 radical (unpaired) electrons. The summed E-state index contributed by atoms with van der Waals surface area (Å²) < 4.78 is 86.0. The van der Waals surface area contributed by atoms with Gasteiger partial charge in [-0.15, -0.1) is 0 Å². The quantitative estimate of drug-likeness (QED) is 0.0669. The van der Waals surface area contributed by atoms with Crippen LogP contribution in [-0.2, 0) is 15.2 Å². The number of nitrogens with zero attached hydrogens (tertiary/aromatic N) is 1. The second-order valence-corrected chi connectivity index (χ2v) is 12.0. The van der Waals surface area contributed by atoms with Crippen molar-refractivity contribution in [2.45, 2.75) is 56.5 Å². The summed E-state index contributed by atoms with van der Waals surface area (Å²) in [5.41, 5.74) is -1.97. The van der Waals surface area contributed by atoms with Crippen LogP contribution in [0.5, 0.6) is 0 Å². The molecule has 0 heterocycles. The Morgan fingerprint density at radius 3 is 2.36 bits per heavy atom. The molecule has 3 unspecified atom stereocenters. The van der Waals surface area contributed by atoms with E-state index in [4.69, 9.17) is 32.8 Å². The first kappa shape index (κ1) is 38.8. The molecular formula is C33H38Cl2F6N2O4. The predicted molar refractivity (Wildman–Crippen MR) is 170 cm³/mol. The average Bonchev–Trinajstić information content (AvgIpc) is 3.03. The maximum Gasteiger partial charge on any atom is 0.416 e. The molecule has 0 spiro atoms. The lowest BCUT2D eigenvalue weighted by molar-refractivity contribution is -0.101. The second-order valence-electron chi connectivity index (χ2n) is 11.2. The topological polar surface area (TPSA) is 83.3 Å². The monoisotopic (exact) mass is 710 g/mol. The maximum atomic E-state index is 13.4. The van der Waals surface area contributed by atoms with Gasteiger partial charge in [0.15, 0.2) is 0 Å². The van der Waals surface area contributed by atoms with Crippen LogP contribution >= 0.6 is 23.2 Å². The Balaban J connectivity index is 1.76. The Morgan fingerprint density at radius 2 is 1.74 bits per heavy atom. The molecule has 0 bridgehead atoms. The molecule has 0 aliphatic heterocycles. The van der Waals surface area contributed by atoms with Crippen molar-refractivity contribution < 1.29 is 46.1 Å². The molecule has 0 amide bonds. The van der Waals surface area contributed by atoms with Crippen LogP contribution in [0.4, 0.5) is 26.3 Å². The first-order valence-electron chi connectivity index (χ1n) is 15.1. The van der Waals surface area contributed by atoms with Crippen molar-refractivity contribution in [3.8, 4) is 0 Å². The van der Waals surface area contributed by atoms with Gasteiger partial charge in [-0.3, -0.25) is 0 Å². The van der Waals surface area contributed by atoms with E-state index in [9.17, 15) is 36.6 Å². The molecule has 3 N–H and O–H groups in total. The lowest BCUT2D eigenvalue weighted by Crippen LogP contribution is -2.31. The van der Waals surface area contributed by atoms with Crippen molar-refractivity contribution in [1.82, 2.24) is 5.32 Å². The number of aliphatic hydroxyl groups excluding tert-OH is 1. The lowest BCUT2D eigenvalue weighted by atomic mass is 9.88. The van der Waals surface area contributed by atoms with Crippen molar-refractivity contribution in [2.24, 2.45) is 11.1 Å². The Labute approximate surface area is 280 Å². The minimum atomic E-state index is -4.96. The molecule has 2 aromatic rings. The van der Waals surface area contributed by atoms with E-state index in [2.05, 4.69) is 10.5 Å². The molecule has 47 heavy (non-hydrogen) atoms. The van der Waals surface area contributed by atoms with Crippen LogP contribution in [0.25, 0.3) is 0 Å². The van der Waals surface area contributed by atoms with Gasteiger partial charge >= 0.3 is 12.4 Å². The summed E-state index contributed by atoms with van der Waals surface area (Å²) in [5, 5.41) is 28.4. The molecule has 6 nitrogen and oxygen atoms in total. The molecule has 0 fully saturated rings. The molecule has 3 atom stereocenters. The number of allylic oxidation sites excluding steroid dienone is 3. The SMILES string of the molecule is CCC(O)(CCNCCC(/C(COCC1C=C(C(F)(F)F)C=C(C(F)(F)F)C1)=N\OCCO)c1ccc(Cl)c(Cl)c1)c1ccccc1. The molecule has 260 valence electrons. The second kappa shape index (κ2) is 17.7. The highest BCUT2D eigenvalue weighted by molar-refractivity contribution is 6.42. The van der Waals surface area contributed by atoms with Crippen LogP contribution in [-0.4, -0.2) is 67.8 Å². The normalized spacial score (nSPS) is 17.9. The largest absolute Gasteiger partial charge is 0.416 e. The third kappa shape index (κ3) is 11.8. The molecule has 0 aromatic heterocycles. The summed E-state index contributed by atoms with van der Waals surface area (Å²) in [5.74, 6) is -1.73. The van der Waals surface area contributed by atoms with E-state index in [0.717, 1.165) is 11.6 Å². The number of hydrogen-bond donors (Lipinski definition) is 3. The number of oxime groups is 1. The minimum Gasteiger partial charge on any atom is -0.393 e. The highest BCUT2D eigenvalue weighted by Crippen LogP contribution is 2.40. The van der Waals surface area contributed by atoms with Crippen molar-refractivity contribution in [3.05, 3.63) is 93.0 Å². The maximum absolute atomic E-state index is 13.4. The van der Waals surface area contributed by atoms with E-state index in [-0.39, 0.29) is 36.6 Å². The van der Waals surface area contributed by atoms with E-state index in [1.54, 1.807) is 18.2 Å². The number of alkyl halides is 6. The zero-order valence-corrected chi connectivity index (χ0v) is 27.2. The lowest BCUT2D eigenvalue weighted by Gasteiger charge is -2.28. The summed E-state index contributed by atoms with van der Waals surface area (Å²) in [4.78, 5) is 5.23. The number of hydrogen-bond acceptors (Lipinski definition) is 6. The zero-order chi connectivity index (χ0) is 34.7. The van der Waals surface area contributed by atoms with Crippen molar-refractivity contribution >= 4 is 28.9 Å². The van der Waals surface area contributed by atoms with Crippen molar-refractivity contribution in [3.63, 3.8) is 0 Å². The van der Waals surface area contributed by atoms with E-state index in [1.807, 2.05) is 37.3 Å². The molecule has 3 rings (SSSR count). The standard InChI is InChI=1S/C33H38Cl2F6N2O4/c1-2-31(45,24-6-4-3-5-7-24)11-13-42-12-10-27(23-8-9-28(34)29(35)18-23)30(43-47-15-14-44)21-46-20-22-16-25(32(36,37)38)19-26(17-22)33(39,40)41/h3-9,16,18-19,22,27,42,44-45H,2,10-15,17,20-21H2,1H3/b43-30-. The van der Waals surface area contributed by atoms with Crippen molar-refractivity contribution in [2.75, 3.05) is 39.5 Å². The van der Waals surface area contributed by atoms with Crippen LogP contribution in [0.1, 0.15) is 49.7 Å². The number of benzene rings is 2. The summed E-state index contributed by atoms with van der Waals surface area (Å²) in [6.07, 6.45) is -8.37. The van der Waals surface area contributed by atoms with Crippen LogP contribution < -0.4 is 5.32 Å². The number of nitrogens with one attached hydrogen (secondary N) is 1. The van der Waals surface area contributed by atoms with Crippen LogP contribution in [0.15, 0.2) is 77.0 Å². The Morgan fingerprint density at radius 1 is 1.02 bits per heavy atom. The Kier molecular flexibility index (Phi) is 14.6. The van der Waals surface area contributed by atoms with Gasteiger partial charge in [0.25, 0.3) is 0 Å². The number of ether oxygens (including phenoxy) is 1. The van der Waals surface area contributed by atoms with Gasteiger partial charge in [-0.25, -0.2) is 0 Å². The summed E-state index contributed by atoms with van der Waals surface area (Å²) >= 11 is 12.4. The van der Waals surface area contributed by atoms with Gasteiger partial charge in [0.05, 0.1) is 46.8 Å². The molecular weight excluding hydrogens is 673 g/mol. The average molecular weight is 712 g/mol.